The van der Waals surface area contributed by atoms with Crippen LogP contribution in [0.4, 0.5) is 0 Å². The molecule has 0 fully saturated rings. The van der Waals surface area contributed by atoms with Gasteiger partial charge >= 0.3 is 0 Å². The van der Waals surface area contributed by atoms with Crippen LogP contribution in [0.3, 0.4) is 0 Å². The van der Waals surface area contributed by atoms with Gasteiger partial charge in [-0.05, 0) is 55.1 Å². The van der Waals surface area contributed by atoms with Crippen LogP contribution in [-0.4, -0.2) is 42.9 Å². The molecule has 0 aromatic carbocycles. The molecule has 0 atom stereocenters. The molecule has 5 nitrogen and oxygen atoms in total. The van der Waals surface area contributed by atoms with E-state index in [-0.39, 0.29) is 5.91 Å². The van der Waals surface area contributed by atoms with Crippen LogP contribution < -0.4 is 0 Å². The summed E-state index contributed by atoms with van der Waals surface area (Å²) in [7, 11) is 3.96. The summed E-state index contributed by atoms with van der Waals surface area (Å²) in [4.78, 5) is 16.4. The van der Waals surface area contributed by atoms with Crippen molar-refractivity contribution in [3.63, 3.8) is 0 Å². The molecule has 114 valence electrons. The normalized spacial score (nSPS) is 11.1. The van der Waals surface area contributed by atoms with Crippen molar-refractivity contribution in [3.8, 4) is 0 Å². The van der Waals surface area contributed by atoms with Crippen LogP contribution in [0.1, 0.15) is 21.9 Å². The minimum absolute atomic E-state index is 0.0773. The van der Waals surface area contributed by atoms with Gasteiger partial charge in [-0.3, -0.25) is 4.79 Å². The van der Waals surface area contributed by atoms with E-state index in [0.29, 0.717) is 23.3 Å². The van der Waals surface area contributed by atoms with E-state index in [1.807, 2.05) is 38.1 Å². The molecule has 0 spiro atoms. The van der Waals surface area contributed by atoms with Gasteiger partial charge < -0.3 is 18.6 Å². The Morgan fingerprint density at radius 3 is 2.52 bits per heavy atom. The van der Waals surface area contributed by atoms with Crippen molar-refractivity contribution in [3.05, 3.63) is 46.2 Å². The van der Waals surface area contributed by atoms with Gasteiger partial charge in [0.15, 0.2) is 4.67 Å². The molecule has 2 aromatic rings. The van der Waals surface area contributed by atoms with Gasteiger partial charge in [0.2, 0.25) is 0 Å². The number of rotatable bonds is 6. The molecule has 0 saturated carbocycles. The quantitative estimate of drug-likeness (QED) is 0.799. The summed E-state index contributed by atoms with van der Waals surface area (Å²) in [6.45, 7) is 3.73. The third-order valence-electron chi connectivity index (χ3n) is 3.10. The number of amides is 1. The minimum Gasteiger partial charge on any atom is -0.464 e. The highest BCUT2D eigenvalue weighted by atomic mass is 79.9. The largest absolute Gasteiger partial charge is 0.464 e. The number of likely N-dealkylation sites (N-methyl/N-ethyl adjacent to an activating group) is 1. The van der Waals surface area contributed by atoms with Crippen LogP contribution >= 0.6 is 15.9 Å². The first-order chi connectivity index (χ1) is 9.97. The van der Waals surface area contributed by atoms with Gasteiger partial charge in [0.05, 0.1) is 18.4 Å². The number of furan rings is 2. The maximum Gasteiger partial charge on any atom is 0.258 e. The predicted molar refractivity (Wildman–Crippen MR) is 83.1 cm³/mol. The number of halogens is 1. The fourth-order valence-corrected chi connectivity index (χ4v) is 2.36. The molecule has 0 saturated heterocycles. The first kappa shape index (κ1) is 15.9. The summed E-state index contributed by atoms with van der Waals surface area (Å²) < 4.78 is 11.2. The Hall–Kier alpha value is -1.53. The number of hydrogen-bond acceptors (Lipinski definition) is 4. The standard InChI is InChI=1S/C15H19BrN2O3/c1-11-4-5-12(21-11)10-18(8-7-17(2)3)15(19)13-6-9-20-14(13)16/h4-6,9H,7-8,10H2,1-3H3. The van der Waals surface area contributed by atoms with Crippen molar-refractivity contribution in [2.45, 2.75) is 13.5 Å². The molecule has 2 heterocycles. The third-order valence-corrected chi connectivity index (χ3v) is 3.71. The van der Waals surface area contributed by atoms with Crippen molar-refractivity contribution < 1.29 is 13.6 Å². The Kier molecular flexibility index (Phi) is 5.25. The lowest BCUT2D eigenvalue weighted by atomic mass is 10.2. The molecule has 0 aliphatic heterocycles. The predicted octanol–water partition coefficient (Wildman–Crippen LogP) is 3.15. The zero-order valence-electron chi connectivity index (χ0n) is 12.4. The van der Waals surface area contributed by atoms with Gasteiger partial charge in [-0.2, -0.15) is 0 Å². The van der Waals surface area contributed by atoms with E-state index in [0.717, 1.165) is 18.1 Å². The van der Waals surface area contributed by atoms with E-state index in [4.69, 9.17) is 8.83 Å². The van der Waals surface area contributed by atoms with E-state index in [9.17, 15) is 4.79 Å². The number of aryl methyl sites for hydroxylation is 1. The SMILES string of the molecule is Cc1ccc(CN(CCN(C)C)C(=O)c2ccoc2Br)o1. The lowest BCUT2D eigenvalue weighted by Gasteiger charge is -2.23. The van der Waals surface area contributed by atoms with Crippen LogP contribution in [0, 0.1) is 6.92 Å². The summed E-state index contributed by atoms with van der Waals surface area (Å²) >= 11 is 3.26. The number of carbonyl (C=O) groups excluding carboxylic acids is 1. The molecule has 0 N–H and O–H groups in total. The van der Waals surface area contributed by atoms with Gasteiger partial charge in [0.1, 0.15) is 11.5 Å². The van der Waals surface area contributed by atoms with Crippen molar-refractivity contribution in [1.29, 1.82) is 0 Å². The highest BCUT2D eigenvalue weighted by Gasteiger charge is 2.21. The smallest absolute Gasteiger partial charge is 0.258 e. The Balaban J connectivity index is 2.15. The fourth-order valence-electron chi connectivity index (χ4n) is 1.95. The van der Waals surface area contributed by atoms with E-state index in [1.165, 1.54) is 6.26 Å². The molecule has 0 aliphatic rings. The van der Waals surface area contributed by atoms with Gasteiger partial charge in [-0.1, -0.05) is 0 Å². The summed E-state index contributed by atoms with van der Waals surface area (Å²) in [6, 6.07) is 5.47. The van der Waals surface area contributed by atoms with Gasteiger partial charge in [0.25, 0.3) is 5.91 Å². The first-order valence-electron chi connectivity index (χ1n) is 6.69. The molecule has 0 aliphatic carbocycles. The number of hydrogen-bond donors (Lipinski definition) is 0. The van der Waals surface area contributed by atoms with Crippen LogP contribution in [0.15, 0.2) is 38.0 Å². The maximum atomic E-state index is 12.6. The van der Waals surface area contributed by atoms with Gasteiger partial charge in [0, 0.05) is 13.1 Å². The lowest BCUT2D eigenvalue weighted by Crippen LogP contribution is -2.36. The molecule has 2 rings (SSSR count). The fraction of sp³-hybridized carbons (Fsp3) is 0.400. The molecular formula is C15H19BrN2O3. The van der Waals surface area contributed by atoms with Crippen LogP contribution in [0.5, 0.6) is 0 Å². The third kappa shape index (κ3) is 4.22. The molecule has 2 aromatic heterocycles. The van der Waals surface area contributed by atoms with E-state index in [1.54, 1.807) is 11.0 Å². The zero-order chi connectivity index (χ0) is 15.4. The Bertz CT molecular complexity index is 604. The minimum atomic E-state index is -0.0773. The molecule has 1 amide bonds. The topological polar surface area (TPSA) is 49.8 Å². The molecule has 0 bridgehead atoms. The molecule has 6 heteroatoms. The Morgan fingerprint density at radius 2 is 2.00 bits per heavy atom. The highest BCUT2D eigenvalue weighted by Crippen LogP contribution is 2.21. The van der Waals surface area contributed by atoms with Crippen molar-refractivity contribution >= 4 is 21.8 Å². The summed E-state index contributed by atoms with van der Waals surface area (Å²) in [5.74, 6) is 1.54. The van der Waals surface area contributed by atoms with E-state index < -0.39 is 0 Å². The second-order valence-electron chi connectivity index (χ2n) is 5.15. The summed E-state index contributed by atoms with van der Waals surface area (Å²) in [5.41, 5.74) is 0.525. The second-order valence-corrected chi connectivity index (χ2v) is 5.87. The highest BCUT2D eigenvalue weighted by molar-refractivity contribution is 9.10. The Labute approximate surface area is 132 Å². The number of nitrogens with zero attached hydrogens (tertiary/aromatic N) is 2. The van der Waals surface area contributed by atoms with Crippen LogP contribution in [-0.2, 0) is 6.54 Å². The summed E-state index contributed by atoms with van der Waals surface area (Å²) in [6.07, 6.45) is 1.50. The zero-order valence-corrected chi connectivity index (χ0v) is 14.0. The van der Waals surface area contributed by atoms with Crippen LogP contribution in [0.2, 0.25) is 0 Å². The lowest BCUT2D eigenvalue weighted by molar-refractivity contribution is 0.0717. The average molecular weight is 355 g/mol. The van der Waals surface area contributed by atoms with Gasteiger partial charge in [-0.25, -0.2) is 0 Å². The van der Waals surface area contributed by atoms with Crippen LogP contribution in [0.25, 0.3) is 0 Å². The Morgan fingerprint density at radius 1 is 1.24 bits per heavy atom. The summed E-state index contributed by atoms with van der Waals surface area (Å²) in [5, 5.41) is 0. The van der Waals surface area contributed by atoms with Crippen molar-refractivity contribution in [2.24, 2.45) is 0 Å². The monoisotopic (exact) mass is 354 g/mol. The molecule has 0 radical (unpaired) electrons. The number of carbonyl (C=O) groups is 1. The second kappa shape index (κ2) is 6.95. The molecule has 21 heavy (non-hydrogen) atoms. The molecular weight excluding hydrogens is 336 g/mol. The van der Waals surface area contributed by atoms with Gasteiger partial charge in [-0.15, -0.1) is 0 Å². The first-order valence-corrected chi connectivity index (χ1v) is 7.49. The van der Waals surface area contributed by atoms with E-state index >= 15 is 0 Å². The molecule has 0 unspecified atom stereocenters. The average Bonchev–Trinajstić information content (AvgIpc) is 3.02. The van der Waals surface area contributed by atoms with Crippen molar-refractivity contribution in [2.75, 3.05) is 27.2 Å². The van der Waals surface area contributed by atoms with Crippen molar-refractivity contribution in [1.82, 2.24) is 9.80 Å². The van der Waals surface area contributed by atoms with E-state index in [2.05, 4.69) is 15.9 Å². The maximum absolute atomic E-state index is 12.6.